The molecule has 0 fully saturated rings. The summed E-state index contributed by atoms with van der Waals surface area (Å²) in [7, 11) is 2.62. The smallest absolute Gasteiger partial charge is 0.273 e. The molecule has 0 N–H and O–H groups in total. The first kappa shape index (κ1) is 12.4. The van der Waals surface area contributed by atoms with Crippen LogP contribution in [0.2, 0.25) is 0 Å². The van der Waals surface area contributed by atoms with Gasteiger partial charge in [0.05, 0.1) is 23.8 Å². The molecule has 0 spiro atoms. The van der Waals surface area contributed by atoms with Crippen molar-refractivity contribution in [2.45, 2.75) is 0 Å². The predicted molar refractivity (Wildman–Crippen MR) is 57.0 cm³/mol. The number of nitro benzene ring substituents is 1. The van der Waals surface area contributed by atoms with Crippen LogP contribution in [-0.4, -0.2) is 27.8 Å². The molecule has 0 heterocycles. The fourth-order valence-corrected chi connectivity index (χ4v) is 1.43. The number of ether oxygens (including phenoxy) is 1. The standard InChI is InChI=1S/C8H10N2O5S/c1-9(16(13)14)7-4-3-6(10(11)12)5-8(7)15-2/h3-5H,1-2H3,(H,13,14)/p-1. The lowest BCUT2D eigenvalue weighted by atomic mass is 10.2. The maximum Gasteiger partial charge on any atom is 0.273 e. The Balaban J connectivity index is 3.21. The zero-order valence-corrected chi connectivity index (χ0v) is 9.39. The van der Waals surface area contributed by atoms with Crippen LogP contribution >= 0.6 is 0 Å². The van der Waals surface area contributed by atoms with Crippen LogP contribution in [0.5, 0.6) is 5.75 Å². The van der Waals surface area contributed by atoms with Gasteiger partial charge in [0.2, 0.25) is 0 Å². The van der Waals surface area contributed by atoms with E-state index in [-0.39, 0.29) is 17.1 Å². The number of benzene rings is 1. The lowest BCUT2D eigenvalue weighted by molar-refractivity contribution is -0.384. The molecule has 8 heteroatoms. The number of rotatable bonds is 4. The van der Waals surface area contributed by atoms with E-state index in [9.17, 15) is 18.9 Å². The Kier molecular flexibility index (Phi) is 3.80. The summed E-state index contributed by atoms with van der Waals surface area (Å²) in [6, 6.07) is 3.69. The van der Waals surface area contributed by atoms with E-state index in [0.29, 0.717) is 0 Å². The Labute approximate surface area is 94.2 Å². The molecule has 88 valence electrons. The summed E-state index contributed by atoms with van der Waals surface area (Å²) < 4.78 is 27.3. The van der Waals surface area contributed by atoms with Crippen LogP contribution in [0.15, 0.2) is 18.2 Å². The molecule has 1 unspecified atom stereocenters. The SMILES string of the molecule is COc1cc([N+](=O)[O-])ccc1N(C)S(=O)[O-]. The number of methoxy groups -OCH3 is 1. The van der Waals surface area contributed by atoms with Crippen molar-refractivity contribution in [3.63, 3.8) is 0 Å². The van der Waals surface area contributed by atoms with Crippen molar-refractivity contribution in [3.8, 4) is 5.75 Å². The van der Waals surface area contributed by atoms with Crippen LogP contribution in [-0.2, 0) is 11.3 Å². The molecule has 1 aromatic carbocycles. The first-order valence-electron chi connectivity index (χ1n) is 4.13. The second-order valence-corrected chi connectivity index (χ2v) is 3.81. The Morgan fingerprint density at radius 1 is 1.50 bits per heavy atom. The monoisotopic (exact) mass is 245 g/mol. The summed E-state index contributed by atoms with van der Waals surface area (Å²) in [5.41, 5.74) is 0.0760. The number of hydrogen-bond acceptors (Lipinski definition) is 5. The van der Waals surface area contributed by atoms with Crippen molar-refractivity contribution in [1.82, 2.24) is 0 Å². The number of hydrogen-bond donors (Lipinski definition) is 0. The van der Waals surface area contributed by atoms with Crippen molar-refractivity contribution in [2.24, 2.45) is 0 Å². The zero-order chi connectivity index (χ0) is 12.3. The minimum absolute atomic E-state index is 0.126. The largest absolute Gasteiger partial charge is 0.755 e. The number of anilines is 1. The van der Waals surface area contributed by atoms with Crippen molar-refractivity contribution < 1.29 is 18.4 Å². The molecule has 1 atom stereocenters. The van der Waals surface area contributed by atoms with Crippen LogP contribution in [0.4, 0.5) is 11.4 Å². The van der Waals surface area contributed by atoms with E-state index in [2.05, 4.69) is 0 Å². The molecule has 1 aromatic rings. The van der Waals surface area contributed by atoms with Gasteiger partial charge in [-0.2, -0.15) is 0 Å². The lowest BCUT2D eigenvalue weighted by Gasteiger charge is -2.22. The molecular weight excluding hydrogens is 236 g/mol. The Hall–Kier alpha value is -1.67. The topological polar surface area (TPSA) is 95.7 Å². The van der Waals surface area contributed by atoms with Gasteiger partial charge < -0.3 is 13.6 Å². The van der Waals surface area contributed by atoms with Crippen LogP contribution in [0.1, 0.15) is 0 Å². The highest BCUT2D eigenvalue weighted by Gasteiger charge is 2.14. The number of non-ortho nitro benzene ring substituents is 1. The molecule has 1 rings (SSSR count). The van der Waals surface area contributed by atoms with E-state index in [4.69, 9.17) is 4.74 Å². The summed E-state index contributed by atoms with van der Waals surface area (Å²) in [6.45, 7) is 0. The van der Waals surface area contributed by atoms with Gasteiger partial charge in [-0.3, -0.25) is 14.3 Å². The second-order valence-electron chi connectivity index (χ2n) is 2.83. The quantitative estimate of drug-likeness (QED) is 0.444. The van der Waals surface area contributed by atoms with Gasteiger partial charge in [0.25, 0.3) is 5.69 Å². The maximum absolute atomic E-state index is 10.7. The maximum atomic E-state index is 10.7. The molecule has 0 amide bonds. The molecule has 0 aliphatic rings. The van der Waals surface area contributed by atoms with Crippen LogP contribution in [0, 0.1) is 10.1 Å². The number of nitrogens with zero attached hydrogens (tertiary/aromatic N) is 2. The molecule has 7 nitrogen and oxygen atoms in total. The lowest BCUT2D eigenvalue weighted by Crippen LogP contribution is -2.20. The van der Waals surface area contributed by atoms with E-state index in [1.165, 1.54) is 32.4 Å². The fourth-order valence-electron chi connectivity index (χ4n) is 1.12. The zero-order valence-electron chi connectivity index (χ0n) is 8.58. The van der Waals surface area contributed by atoms with Gasteiger partial charge in [0.1, 0.15) is 5.75 Å². The summed E-state index contributed by atoms with van der Waals surface area (Å²) in [6.07, 6.45) is 0. The van der Waals surface area contributed by atoms with Gasteiger partial charge in [0, 0.05) is 24.4 Å². The predicted octanol–water partition coefficient (Wildman–Crippen LogP) is 0.834. The highest BCUT2D eigenvalue weighted by molar-refractivity contribution is 7.80. The van der Waals surface area contributed by atoms with Crippen molar-refractivity contribution in [3.05, 3.63) is 28.3 Å². The van der Waals surface area contributed by atoms with Gasteiger partial charge in [-0.05, 0) is 6.07 Å². The minimum atomic E-state index is -2.46. The van der Waals surface area contributed by atoms with Crippen LogP contribution in [0.25, 0.3) is 0 Å². The third kappa shape index (κ3) is 2.47. The highest BCUT2D eigenvalue weighted by Crippen LogP contribution is 2.31. The van der Waals surface area contributed by atoms with Crippen molar-refractivity contribution in [2.75, 3.05) is 18.5 Å². The Morgan fingerprint density at radius 2 is 2.12 bits per heavy atom. The summed E-state index contributed by atoms with van der Waals surface area (Å²) in [5.74, 6) is 0.126. The van der Waals surface area contributed by atoms with Crippen molar-refractivity contribution in [1.29, 1.82) is 0 Å². The Bertz CT molecular complexity index is 436. The Morgan fingerprint density at radius 3 is 2.56 bits per heavy atom. The van der Waals surface area contributed by atoms with Gasteiger partial charge in [0.15, 0.2) is 0 Å². The van der Waals surface area contributed by atoms with E-state index in [0.717, 1.165) is 4.31 Å². The van der Waals surface area contributed by atoms with E-state index >= 15 is 0 Å². The third-order valence-electron chi connectivity index (χ3n) is 1.94. The average Bonchev–Trinajstić information content (AvgIpc) is 2.26. The molecular formula is C8H9N2O5S-. The van der Waals surface area contributed by atoms with E-state index < -0.39 is 16.2 Å². The minimum Gasteiger partial charge on any atom is -0.755 e. The van der Waals surface area contributed by atoms with Crippen LogP contribution in [0.3, 0.4) is 0 Å². The molecule has 0 saturated heterocycles. The highest BCUT2D eigenvalue weighted by atomic mass is 32.2. The molecule has 0 radical (unpaired) electrons. The summed E-state index contributed by atoms with van der Waals surface area (Å²) in [5, 5.41) is 10.5. The molecule has 0 aliphatic carbocycles. The third-order valence-corrected chi connectivity index (χ3v) is 2.58. The molecule has 16 heavy (non-hydrogen) atoms. The summed E-state index contributed by atoms with van der Waals surface area (Å²) >= 11 is -2.46. The molecule has 0 aromatic heterocycles. The molecule has 0 saturated carbocycles. The van der Waals surface area contributed by atoms with Gasteiger partial charge in [-0.15, -0.1) is 0 Å². The second kappa shape index (κ2) is 4.90. The number of nitro groups is 1. The molecule has 0 aliphatic heterocycles. The first-order chi connectivity index (χ1) is 7.47. The van der Waals surface area contributed by atoms with E-state index in [1.54, 1.807) is 0 Å². The van der Waals surface area contributed by atoms with Crippen molar-refractivity contribution >= 4 is 22.6 Å². The van der Waals surface area contributed by atoms with Gasteiger partial charge >= 0.3 is 0 Å². The first-order valence-corrected chi connectivity index (χ1v) is 5.16. The van der Waals surface area contributed by atoms with E-state index in [1.807, 2.05) is 0 Å². The normalized spacial score (nSPS) is 11.9. The summed E-state index contributed by atoms with van der Waals surface area (Å²) in [4.78, 5) is 9.92. The molecule has 0 bridgehead atoms. The van der Waals surface area contributed by atoms with Crippen LogP contribution < -0.4 is 9.04 Å². The average molecular weight is 245 g/mol. The van der Waals surface area contributed by atoms with Gasteiger partial charge in [-0.1, -0.05) is 0 Å². The fraction of sp³-hybridized carbons (Fsp3) is 0.250. The van der Waals surface area contributed by atoms with Gasteiger partial charge in [-0.25, -0.2) is 0 Å².